The Balaban J connectivity index is 1.67. The average Bonchev–Trinajstić information content (AvgIpc) is 3.30. The number of fused-ring (bicyclic) bond motifs is 1. The van der Waals surface area contributed by atoms with Gasteiger partial charge in [-0.1, -0.05) is 19.4 Å². The minimum atomic E-state index is -1.91. The first-order valence-corrected chi connectivity index (χ1v) is 11.5. The summed E-state index contributed by atoms with van der Waals surface area (Å²) in [5.74, 6) is -3.74. The second-order valence-electron chi connectivity index (χ2n) is 11.0. The van der Waals surface area contributed by atoms with E-state index in [9.17, 15) is 24.6 Å². The number of aliphatic hydroxyl groups is 2. The Hall–Kier alpha value is -1.77. The van der Waals surface area contributed by atoms with Gasteiger partial charge in [0.2, 0.25) is 0 Å². The number of esters is 2. The van der Waals surface area contributed by atoms with Crippen LogP contribution >= 0.6 is 0 Å². The molecule has 0 amide bonds. The summed E-state index contributed by atoms with van der Waals surface area (Å²) in [4.78, 5) is 38.7. The van der Waals surface area contributed by atoms with Crippen LogP contribution < -0.4 is 0 Å². The molecule has 5 fully saturated rings. The van der Waals surface area contributed by atoms with Crippen molar-refractivity contribution in [3.05, 3.63) is 11.1 Å². The Kier molecular flexibility index (Phi) is 4.28. The molecule has 0 radical (unpaired) electrons. The summed E-state index contributed by atoms with van der Waals surface area (Å²) in [7, 11) is 0. The number of hydrogen-bond acceptors (Lipinski definition) is 8. The molecule has 2 N–H and O–H groups in total. The van der Waals surface area contributed by atoms with E-state index in [-0.39, 0.29) is 25.2 Å². The van der Waals surface area contributed by atoms with Gasteiger partial charge in [-0.05, 0) is 33.1 Å². The third kappa shape index (κ3) is 2.00. The van der Waals surface area contributed by atoms with Crippen LogP contribution in [0.2, 0.25) is 0 Å². The fourth-order valence-electron chi connectivity index (χ4n) is 7.99. The van der Waals surface area contributed by atoms with E-state index in [0.717, 1.165) is 18.4 Å². The van der Waals surface area contributed by atoms with E-state index in [1.165, 1.54) is 6.92 Å². The van der Waals surface area contributed by atoms with Gasteiger partial charge in [-0.3, -0.25) is 9.59 Å². The van der Waals surface area contributed by atoms with Gasteiger partial charge in [0, 0.05) is 42.1 Å². The van der Waals surface area contributed by atoms with Crippen LogP contribution in [0, 0.1) is 22.2 Å². The summed E-state index contributed by atoms with van der Waals surface area (Å²) in [6.07, 6.45) is 0.0945. The van der Waals surface area contributed by atoms with Crippen molar-refractivity contribution in [3.63, 3.8) is 0 Å². The number of carbonyl (C=O) groups is 3. The van der Waals surface area contributed by atoms with Crippen molar-refractivity contribution in [2.24, 2.45) is 22.2 Å². The van der Waals surface area contributed by atoms with Crippen LogP contribution in [0.15, 0.2) is 11.1 Å². The van der Waals surface area contributed by atoms with E-state index in [4.69, 9.17) is 14.2 Å². The van der Waals surface area contributed by atoms with Crippen LogP contribution in [0.4, 0.5) is 0 Å². The summed E-state index contributed by atoms with van der Waals surface area (Å²) in [6, 6.07) is 0. The first-order chi connectivity index (χ1) is 14.8. The molecule has 1 aliphatic heterocycles. The fourth-order valence-corrected chi connectivity index (χ4v) is 7.99. The van der Waals surface area contributed by atoms with E-state index in [2.05, 4.69) is 0 Å². The van der Waals surface area contributed by atoms with Gasteiger partial charge >= 0.3 is 11.9 Å². The lowest BCUT2D eigenvalue weighted by Gasteiger charge is -2.70. The summed E-state index contributed by atoms with van der Waals surface area (Å²) in [5.41, 5.74) is -4.01. The summed E-state index contributed by atoms with van der Waals surface area (Å²) in [5, 5.41) is 24.1. The number of aliphatic hydroxyl groups excluding tert-OH is 1. The Morgan fingerprint density at radius 2 is 1.91 bits per heavy atom. The Morgan fingerprint density at radius 1 is 1.22 bits per heavy atom. The molecule has 1 spiro atoms. The highest BCUT2D eigenvalue weighted by Gasteiger charge is 2.94. The molecule has 0 aromatic carbocycles. The summed E-state index contributed by atoms with van der Waals surface area (Å²) >= 11 is 0. The van der Waals surface area contributed by atoms with Gasteiger partial charge in [0.05, 0.1) is 12.2 Å². The van der Waals surface area contributed by atoms with Crippen molar-refractivity contribution in [2.45, 2.75) is 90.3 Å². The minimum absolute atomic E-state index is 0.0601. The SMILES string of the molecule is CC(=O)OC1CC2(O)C3(CC(=O)C4(C)C(OC(=O)C5=C(C)CCC5)(OCC24C)C3O)C1C. The number of allylic oxidation sites excluding steroid dienone is 1. The molecule has 4 saturated carbocycles. The molecular formula is C24H32O8. The smallest absolute Gasteiger partial charge is 0.336 e. The van der Waals surface area contributed by atoms with E-state index in [1.54, 1.807) is 20.8 Å². The monoisotopic (exact) mass is 448 g/mol. The number of ether oxygens (including phenoxy) is 3. The van der Waals surface area contributed by atoms with E-state index in [1.807, 2.05) is 6.92 Å². The molecule has 6 aliphatic rings. The number of rotatable bonds is 3. The van der Waals surface area contributed by atoms with Crippen LogP contribution in [0.5, 0.6) is 0 Å². The van der Waals surface area contributed by atoms with Gasteiger partial charge < -0.3 is 24.4 Å². The van der Waals surface area contributed by atoms with Gasteiger partial charge in [0.25, 0.3) is 5.79 Å². The second-order valence-corrected chi connectivity index (χ2v) is 11.0. The minimum Gasteiger partial charge on any atom is -0.462 e. The summed E-state index contributed by atoms with van der Waals surface area (Å²) in [6.45, 7) is 8.31. The first kappa shape index (κ1) is 22.0. The zero-order valence-corrected chi connectivity index (χ0v) is 19.3. The Labute approximate surface area is 187 Å². The molecule has 176 valence electrons. The molecule has 6 rings (SSSR count). The molecule has 1 saturated heterocycles. The maximum absolute atomic E-state index is 13.7. The van der Waals surface area contributed by atoms with Crippen LogP contribution in [0.3, 0.4) is 0 Å². The molecule has 8 heteroatoms. The zero-order valence-electron chi connectivity index (χ0n) is 19.3. The molecule has 5 aliphatic carbocycles. The highest BCUT2D eigenvalue weighted by Crippen LogP contribution is 2.80. The Morgan fingerprint density at radius 3 is 2.50 bits per heavy atom. The number of ketones is 1. The topological polar surface area (TPSA) is 119 Å². The fraction of sp³-hybridized carbons (Fsp3) is 0.792. The zero-order chi connectivity index (χ0) is 23.5. The molecule has 4 bridgehead atoms. The quantitative estimate of drug-likeness (QED) is 0.628. The summed E-state index contributed by atoms with van der Waals surface area (Å²) < 4.78 is 17.6. The van der Waals surface area contributed by atoms with Crippen LogP contribution in [0.1, 0.15) is 66.7 Å². The maximum Gasteiger partial charge on any atom is 0.336 e. The maximum atomic E-state index is 13.7. The lowest BCUT2D eigenvalue weighted by atomic mass is 9.35. The number of carbonyl (C=O) groups excluding carboxylic acids is 3. The average molecular weight is 449 g/mol. The molecular weight excluding hydrogens is 416 g/mol. The predicted octanol–water partition coefficient (Wildman–Crippen LogP) is 1.81. The van der Waals surface area contributed by atoms with Crippen molar-refractivity contribution in [1.29, 1.82) is 0 Å². The molecule has 0 aromatic rings. The van der Waals surface area contributed by atoms with Crippen LogP contribution in [-0.4, -0.2) is 58.1 Å². The molecule has 1 heterocycles. The van der Waals surface area contributed by atoms with Gasteiger partial charge in [-0.15, -0.1) is 0 Å². The normalized spacial score (nSPS) is 51.2. The first-order valence-electron chi connectivity index (χ1n) is 11.5. The highest BCUT2D eigenvalue weighted by atomic mass is 16.7. The molecule has 8 atom stereocenters. The third-order valence-corrected chi connectivity index (χ3v) is 10.1. The molecule has 8 unspecified atom stereocenters. The van der Waals surface area contributed by atoms with E-state index >= 15 is 0 Å². The number of Topliss-reactive ketones (excluding diaryl/α,β-unsaturated/α-hetero) is 1. The Bertz CT molecular complexity index is 971. The largest absolute Gasteiger partial charge is 0.462 e. The molecule has 32 heavy (non-hydrogen) atoms. The highest BCUT2D eigenvalue weighted by molar-refractivity contribution is 5.94. The van der Waals surface area contributed by atoms with Crippen LogP contribution in [0.25, 0.3) is 0 Å². The second kappa shape index (κ2) is 6.21. The van der Waals surface area contributed by atoms with Crippen molar-refractivity contribution < 1.29 is 38.8 Å². The third-order valence-electron chi connectivity index (χ3n) is 10.1. The predicted molar refractivity (Wildman–Crippen MR) is 110 cm³/mol. The molecule has 8 nitrogen and oxygen atoms in total. The number of hydrogen-bond donors (Lipinski definition) is 2. The van der Waals surface area contributed by atoms with Crippen molar-refractivity contribution in [2.75, 3.05) is 6.61 Å². The lowest BCUT2D eigenvalue weighted by molar-refractivity contribution is -0.369. The van der Waals surface area contributed by atoms with Crippen LogP contribution in [-0.2, 0) is 28.6 Å². The van der Waals surface area contributed by atoms with Gasteiger partial charge in [0.15, 0.2) is 0 Å². The standard InChI is InChI=1S/C24H32O8/c1-12-7-6-8-15(12)18(27)32-24-19(28)22-10-17(26)21(24,5)20(4,11-30-24)23(22,29)9-16(13(22)2)31-14(3)25/h13,16,19,28-29H,6-11H2,1-5H3. The van der Waals surface area contributed by atoms with Gasteiger partial charge in [-0.2, -0.15) is 0 Å². The van der Waals surface area contributed by atoms with E-state index < -0.39 is 57.7 Å². The van der Waals surface area contributed by atoms with Gasteiger partial charge in [-0.25, -0.2) is 4.79 Å². The molecule has 0 aromatic heterocycles. The van der Waals surface area contributed by atoms with Crippen molar-refractivity contribution >= 4 is 17.7 Å². The lowest BCUT2D eigenvalue weighted by Crippen LogP contribution is -2.84. The van der Waals surface area contributed by atoms with Crippen molar-refractivity contribution in [1.82, 2.24) is 0 Å². The van der Waals surface area contributed by atoms with E-state index in [0.29, 0.717) is 12.0 Å². The van der Waals surface area contributed by atoms with Gasteiger partial charge in [0.1, 0.15) is 23.4 Å². The van der Waals surface area contributed by atoms with Crippen molar-refractivity contribution in [3.8, 4) is 0 Å².